The largest absolute Gasteiger partial charge is 0.307 e. The second-order valence-electron chi connectivity index (χ2n) is 5.25. The van der Waals surface area contributed by atoms with Crippen LogP contribution in [-0.2, 0) is 6.42 Å². The van der Waals surface area contributed by atoms with Crippen LogP contribution in [0.1, 0.15) is 30.5 Å². The summed E-state index contributed by atoms with van der Waals surface area (Å²) in [6.07, 6.45) is 3.96. The Morgan fingerprint density at radius 3 is 2.20 bits per heavy atom. The number of hydrogen-bond acceptors (Lipinski definition) is 1. The van der Waals surface area contributed by atoms with Gasteiger partial charge in [-0.05, 0) is 30.9 Å². The molecule has 0 saturated carbocycles. The minimum atomic E-state index is 0.341. The smallest absolute Gasteiger partial charge is 0.0363 e. The lowest BCUT2D eigenvalue weighted by Gasteiger charge is -2.23. The molecule has 104 valence electrons. The molecule has 0 bridgehead atoms. The Labute approximate surface area is 122 Å². The van der Waals surface area contributed by atoms with Gasteiger partial charge in [-0.15, -0.1) is 6.58 Å². The highest BCUT2D eigenvalue weighted by atomic mass is 14.9. The van der Waals surface area contributed by atoms with Crippen molar-refractivity contribution in [3.05, 3.63) is 84.4 Å². The second kappa shape index (κ2) is 7.66. The van der Waals surface area contributed by atoms with Crippen molar-refractivity contribution in [1.29, 1.82) is 0 Å². The maximum Gasteiger partial charge on any atom is 0.0363 e. The fourth-order valence-electron chi connectivity index (χ4n) is 2.47. The molecule has 0 radical (unpaired) electrons. The van der Waals surface area contributed by atoms with Gasteiger partial charge in [0.05, 0.1) is 0 Å². The van der Waals surface area contributed by atoms with Crippen LogP contribution in [0.5, 0.6) is 0 Å². The van der Waals surface area contributed by atoms with Crippen LogP contribution in [0.4, 0.5) is 0 Å². The molecule has 20 heavy (non-hydrogen) atoms. The van der Waals surface area contributed by atoms with E-state index in [1.807, 2.05) is 6.08 Å². The topological polar surface area (TPSA) is 12.0 Å². The fraction of sp³-hybridized carbons (Fsp3) is 0.263. The van der Waals surface area contributed by atoms with Crippen LogP contribution in [0.3, 0.4) is 0 Å². The van der Waals surface area contributed by atoms with Gasteiger partial charge in [0.1, 0.15) is 0 Å². The van der Waals surface area contributed by atoms with Crippen molar-refractivity contribution in [3.63, 3.8) is 0 Å². The molecule has 0 aliphatic carbocycles. The van der Waals surface area contributed by atoms with Crippen LogP contribution in [-0.4, -0.2) is 6.04 Å². The van der Waals surface area contributed by atoms with E-state index in [-0.39, 0.29) is 0 Å². The van der Waals surface area contributed by atoms with Gasteiger partial charge in [-0.25, -0.2) is 0 Å². The van der Waals surface area contributed by atoms with Crippen LogP contribution in [0, 0.1) is 0 Å². The third-order valence-corrected chi connectivity index (χ3v) is 3.49. The molecule has 2 atom stereocenters. The van der Waals surface area contributed by atoms with Crippen molar-refractivity contribution in [2.75, 3.05) is 0 Å². The zero-order valence-corrected chi connectivity index (χ0v) is 12.1. The van der Waals surface area contributed by atoms with Crippen LogP contribution >= 0.6 is 0 Å². The molecule has 1 N–H and O–H groups in total. The Hall–Kier alpha value is -1.86. The van der Waals surface area contributed by atoms with E-state index in [9.17, 15) is 0 Å². The number of rotatable bonds is 7. The van der Waals surface area contributed by atoms with Gasteiger partial charge in [0.25, 0.3) is 0 Å². The molecule has 0 aliphatic heterocycles. The highest BCUT2D eigenvalue weighted by molar-refractivity contribution is 5.23. The Kier molecular flexibility index (Phi) is 5.57. The minimum Gasteiger partial charge on any atom is -0.307 e. The first-order chi connectivity index (χ1) is 9.79. The van der Waals surface area contributed by atoms with Gasteiger partial charge in [-0.2, -0.15) is 0 Å². The van der Waals surface area contributed by atoms with Gasteiger partial charge < -0.3 is 5.32 Å². The molecule has 2 rings (SSSR count). The average Bonchev–Trinajstić information content (AvgIpc) is 2.49. The van der Waals surface area contributed by atoms with E-state index in [1.54, 1.807) is 0 Å². The maximum atomic E-state index is 3.82. The van der Waals surface area contributed by atoms with E-state index < -0.39 is 0 Å². The molecule has 2 aromatic rings. The van der Waals surface area contributed by atoms with E-state index in [1.165, 1.54) is 11.1 Å². The Bertz CT molecular complexity index is 504. The first-order valence-corrected chi connectivity index (χ1v) is 7.25. The van der Waals surface area contributed by atoms with Crippen LogP contribution in [0.25, 0.3) is 0 Å². The molecular weight excluding hydrogens is 242 g/mol. The van der Waals surface area contributed by atoms with E-state index in [0.717, 1.165) is 12.8 Å². The molecule has 0 aromatic heterocycles. The van der Waals surface area contributed by atoms with Gasteiger partial charge in [-0.1, -0.05) is 66.7 Å². The number of hydrogen-bond donors (Lipinski definition) is 1. The van der Waals surface area contributed by atoms with Crippen molar-refractivity contribution in [3.8, 4) is 0 Å². The Balaban J connectivity index is 2.14. The van der Waals surface area contributed by atoms with E-state index in [4.69, 9.17) is 0 Å². The summed E-state index contributed by atoms with van der Waals surface area (Å²) in [6, 6.07) is 22.1. The first kappa shape index (κ1) is 14.5. The molecule has 2 unspecified atom stereocenters. The quantitative estimate of drug-likeness (QED) is 0.726. The Morgan fingerprint density at radius 2 is 1.60 bits per heavy atom. The molecule has 0 amide bonds. The summed E-state index contributed by atoms with van der Waals surface area (Å²) in [7, 11) is 0. The minimum absolute atomic E-state index is 0.341. The fourth-order valence-corrected chi connectivity index (χ4v) is 2.47. The van der Waals surface area contributed by atoms with Crippen LogP contribution in [0.2, 0.25) is 0 Å². The molecule has 0 heterocycles. The van der Waals surface area contributed by atoms with Crippen LogP contribution < -0.4 is 5.32 Å². The molecular formula is C19H23N. The van der Waals surface area contributed by atoms with Crippen molar-refractivity contribution in [2.45, 2.75) is 31.8 Å². The third kappa shape index (κ3) is 4.36. The lowest BCUT2D eigenvalue weighted by atomic mass is 9.98. The highest BCUT2D eigenvalue weighted by Gasteiger charge is 2.14. The second-order valence-corrected chi connectivity index (χ2v) is 5.25. The molecule has 1 heteroatoms. The van der Waals surface area contributed by atoms with Gasteiger partial charge in [0.15, 0.2) is 0 Å². The highest BCUT2D eigenvalue weighted by Crippen LogP contribution is 2.19. The molecule has 0 spiro atoms. The summed E-state index contributed by atoms with van der Waals surface area (Å²) in [4.78, 5) is 0. The van der Waals surface area contributed by atoms with Crippen molar-refractivity contribution in [2.24, 2.45) is 0 Å². The lowest BCUT2D eigenvalue weighted by Crippen LogP contribution is -2.31. The zero-order chi connectivity index (χ0) is 14.2. The van der Waals surface area contributed by atoms with Gasteiger partial charge in [-0.3, -0.25) is 0 Å². The summed E-state index contributed by atoms with van der Waals surface area (Å²) in [5.41, 5.74) is 2.70. The predicted molar refractivity (Wildman–Crippen MR) is 86.7 cm³/mol. The van der Waals surface area contributed by atoms with Crippen molar-refractivity contribution >= 4 is 0 Å². The lowest BCUT2D eigenvalue weighted by molar-refractivity contribution is 0.455. The van der Waals surface area contributed by atoms with Crippen molar-refractivity contribution < 1.29 is 0 Å². The van der Waals surface area contributed by atoms with Gasteiger partial charge in [0.2, 0.25) is 0 Å². The number of nitrogens with one attached hydrogen (secondary N) is 1. The monoisotopic (exact) mass is 265 g/mol. The standard InChI is InChI=1S/C19H23N/c1-3-10-16(2)20-19(18-13-8-5-9-14-18)15-17-11-6-4-7-12-17/h3-9,11-14,16,19-20H,1,10,15H2,2H3. The molecule has 0 saturated heterocycles. The van der Waals surface area contributed by atoms with E-state index >= 15 is 0 Å². The van der Waals surface area contributed by atoms with E-state index in [0.29, 0.717) is 12.1 Å². The summed E-state index contributed by atoms with van der Waals surface area (Å²) in [6.45, 7) is 6.04. The first-order valence-electron chi connectivity index (χ1n) is 7.25. The Morgan fingerprint density at radius 1 is 1.00 bits per heavy atom. The molecule has 1 nitrogen and oxygen atoms in total. The van der Waals surface area contributed by atoms with Crippen LogP contribution in [0.15, 0.2) is 73.3 Å². The maximum absolute atomic E-state index is 3.82. The van der Waals surface area contributed by atoms with Crippen molar-refractivity contribution in [1.82, 2.24) is 5.32 Å². The zero-order valence-electron chi connectivity index (χ0n) is 12.1. The molecule has 2 aromatic carbocycles. The molecule has 0 aliphatic rings. The summed E-state index contributed by atoms with van der Waals surface area (Å²) in [5.74, 6) is 0. The predicted octanol–water partition coefficient (Wildman–Crippen LogP) is 4.52. The molecule has 0 fully saturated rings. The summed E-state index contributed by atoms with van der Waals surface area (Å²) in [5, 5.41) is 3.71. The van der Waals surface area contributed by atoms with Gasteiger partial charge in [0, 0.05) is 12.1 Å². The summed E-state index contributed by atoms with van der Waals surface area (Å²) >= 11 is 0. The van der Waals surface area contributed by atoms with E-state index in [2.05, 4.69) is 79.5 Å². The van der Waals surface area contributed by atoms with Gasteiger partial charge >= 0.3 is 0 Å². The number of benzene rings is 2. The average molecular weight is 265 g/mol. The SMILES string of the molecule is C=CCC(C)NC(Cc1ccccc1)c1ccccc1. The normalized spacial score (nSPS) is 13.7. The third-order valence-electron chi connectivity index (χ3n) is 3.49. The summed E-state index contributed by atoms with van der Waals surface area (Å²) < 4.78 is 0.